The van der Waals surface area contributed by atoms with Crippen molar-refractivity contribution in [1.29, 1.82) is 5.26 Å². The van der Waals surface area contributed by atoms with Crippen molar-refractivity contribution < 1.29 is 32.5 Å². The average Bonchev–Trinajstić information content (AvgIpc) is 2.69. The molecule has 0 heterocycles. The van der Waals surface area contributed by atoms with E-state index in [0.717, 1.165) is 12.1 Å². The first-order chi connectivity index (χ1) is 13.3. The molecule has 9 heteroatoms. The number of aliphatic hydroxyl groups is 1. The molecule has 0 aromatic heterocycles. The van der Waals surface area contributed by atoms with E-state index in [9.17, 15) is 23.1 Å². The number of alkyl halides is 3. The molecular weight excluding hydrogens is 377 g/mol. The maximum atomic E-state index is 12.6. The quantitative estimate of drug-likeness (QED) is 0.718. The highest BCUT2D eigenvalue weighted by molar-refractivity contribution is 5.77. The molecule has 2 N–H and O–H groups in total. The van der Waals surface area contributed by atoms with Gasteiger partial charge in [-0.2, -0.15) is 18.4 Å². The van der Waals surface area contributed by atoms with Crippen molar-refractivity contribution in [2.24, 2.45) is 0 Å². The Kier molecular flexibility index (Phi) is 7.23. The molecule has 2 rings (SSSR count). The van der Waals surface area contributed by atoms with E-state index in [0.29, 0.717) is 11.3 Å². The number of halogens is 3. The second-order valence-electron chi connectivity index (χ2n) is 5.72. The Morgan fingerprint density at radius 3 is 2.50 bits per heavy atom. The molecule has 1 amide bonds. The normalized spacial score (nSPS) is 12.0. The molecule has 0 aliphatic carbocycles. The predicted octanol–water partition coefficient (Wildman–Crippen LogP) is 2.51. The maximum Gasteiger partial charge on any atom is 0.416 e. The summed E-state index contributed by atoms with van der Waals surface area (Å²) in [5, 5.41) is 20.9. The van der Waals surface area contributed by atoms with Crippen LogP contribution in [0.4, 0.5) is 13.2 Å². The minimum absolute atomic E-state index is 0.0376. The summed E-state index contributed by atoms with van der Waals surface area (Å²) in [5.41, 5.74) is -0.395. The third kappa shape index (κ3) is 6.81. The molecule has 0 aliphatic heterocycles. The van der Waals surface area contributed by atoms with E-state index >= 15 is 0 Å². The number of rotatable bonds is 8. The van der Waals surface area contributed by atoms with Crippen molar-refractivity contribution in [2.45, 2.75) is 12.3 Å². The second-order valence-corrected chi connectivity index (χ2v) is 5.72. The van der Waals surface area contributed by atoms with Gasteiger partial charge in [0.15, 0.2) is 6.61 Å². The van der Waals surface area contributed by atoms with Crippen molar-refractivity contribution in [1.82, 2.24) is 5.32 Å². The van der Waals surface area contributed by atoms with Gasteiger partial charge in [-0.1, -0.05) is 6.07 Å². The smallest absolute Gasteiger partial charge is 0.416 e. The Balaban J connectivity index is 1.71. The van der Waals surface area contributed by atoms with Gasteiger partial charge in [0.05, 0.1) is 17.2 Å². The predicted molar refractivity (Wildman–Crippen MR) is 92.6 cm³/mol. The van der Waals surface area contributed by atoms with Crippen LogP contribution in [0.1, 0.15) is 11.1 Å². The van der Waals surface area contributed by atoms with E-state index in [2.05, 4.69) is 5.32 Å². The number of ether oxygens (including phenoxy) is 2. The van der Waals surface area contributed by atoms with Gasteiger partial charge in [-0.3, -0.25) is 4.79 Å². The zero-order valence-corrected chi connectivity index (χ0v) is 14.6. The minimum Gasteiger partial charge on any atom is -0.491 e. The summed E-state index contributed by atoms with van der Waals surface area (Å²) in [5.74, 6) is -0.130. The van der Waals surface area contributed by atoms with Crippen molar-refractivity contribution in [3.8, 4) is 17.6 Å². The lowest BCUT2D eigenvalue weighted by molar-refractivity contribution is -0.137. The standard InChI is InChI=1S/C19H17F3N2O4/c20-19(21,22)14-2-1-3-17(8-14)27-11-15(25)10-24-18(26)12-28-16-6-4-13(9-23)5-7-16/h1-8,15,25H,10-12H2,(H,24,26). The van der Waals surface area contributed by atoms with Gasteiger partial charge in [-0.05, 0) is 42.5 Å². The van der Waals surface area contributed by atoms with Crippen LogP contribution in [0.2, 0.25) is 0 Å². The van der Waals surface area contributed by atoms with Crippen LogP contribution in [0.3, 0.4) is 0 Å². The van der Waals surface area contributed by atoms with Gasteiger partial charge in [-0.25, -0.2) is 0 Å². The van der Waals surface area contributed by atoms with Gasteiger partial charge in [0.2, 0.25) is 0 Å². The summed E-state index contributed by atoms with van der Waals surface area (Å²) in [6, 6.07) is 12.4. The summed E-state index contributed by atoms with van der Waals surface area (Å²) in [6.07, 6.45) is -5.60. The topological polar surface area (TPSA) is 91.6 Å². The zero-order chi connectivity index (χ0) is 20.6. The molecule has 0 spiro atoms. The van der Waals surface area contributed by atoms with Crippen molar-refractivity contribution in [3.05, 3.63) is 59.7 Å². The first kappa shape index (κ1) is 21.1. The van der Waals surface area contributed by atoms with Crippen LogP contribution in [0.15, 0.2) is 48.5 Å². The van der Waals surface area contributed by atoms with E-state index in [1.54, 1.807) is 24.3 Å². The number of aliphatic hydroxyl groups excluding tert-OH is 1. The Morgan fingerprint density at radius 2 is 1.86 bits per heavy atom. The fourth-order valence-electron chi connectivity index (χ4n) is 2.07. The van der Waals surface area contributed by atoms with Crippen LogP contribution in [0.5, 0.6) is 11.5 Å². The number of hydrogen-bond donors (Lipinski definition) is 2. The Labute approximate surface area is 159 Å². The third-order valence-electron chi connectivity index (χ3n) is 3.49. The Bertz CT molecular complexity index is 832. The summed E-state index contributed by atoms with van der Waals surface area (Å²) < 4.78 is 48.3. The number of nitrogens with zero attached hydrogens (tertiary/aromatic N) is 1. The number of nitriles is 1. The SMILES string of the molecule is N#Cc1ccc(OCC(=O)NCC(O)COc2cccc(C(F)(F)F)c2)cc1. The zero-order valence-electron chi connectivity index (χ0n) is 14.6. The molecule has 6 nitrogen and oxygen atoms in total. The van der Waals surface area contributed by atoms with Gasteiger partial charge < -0.3 is 19.9 Å². The van der Waals surface area contributed by atoms with Crippen molar-refractivity contribution in [2.75, 3.05) is 19.8 Å². The molecule has 2 aromatic rings. The molecule has 0 radical (unpaired) electrons. The Morgan fingerprint density at radius 1 is 1.14 bits per heavy atom. The molecule has 1 atom stereocenters. The maximum absolute atomic E-state index is 12.6. The van der Waals surface area contributed by atoms with Crippen LogP contribution in [-0.4, -0.2) is 36.9 Å². The molecule has 0 aliphatic rings. The summed E-state index contributed by atoms with van der Waals surface area (Å²) in [7, 11) is 0. The molecule has 1 unspecified atom stereocenters. The number of carbonyl (C=O) groups excluding carboxylic acids is 1. The lowest BCUT2D eigenvalue weighted by Crippen LogP contribution is -2.37. The molecular formula is C19H17F3N2O4. The summed E-state index contributed by atoms with van der Waals surface area (Å²) in [4.78, 5) is 11.7. The first-order valence-electron chi connectivity index (χ1n) is 8.15. The summed E-state index contributed by atoms with van der Waals surface area (Å²) >= 11 is 0. The monoisotopic (exact) mass is 394 g/mol. The van der Waals surface area contributed by atoms with Crippen LogP contribution in [0, 0.1) is 11.3 Å². The molecule has 0 bridgehead atoms. The number of benzene rings is 2. The van der Waals surface area contributed by atoms with Crippen LogP contribution in [0.25, 0.3) is 0 Å². The van der Waals surface area contributed by atoms with E-state index < -0.39 is 23.8 Å². The molecule has 0 saturated heterocycles. The van der Waals surface area contributed by atoms with E-state index in [1.165, 1.54) is 12.1 Å². The van der Waals surface area contributed by atoms with Crippen molar-refractivity contribution in [3.63, 3.8) is 0 Å². The molecule has 0 fully saturated rings. The van der Waals surface area contributed by atoms with Gasteiger partial charge >= 0.3 is 6.18 Å². The van der Waals surface area contributed by atoms with Gasteiger partial charge in [0, 0.05) is 6.54 Å². The van der Waals surface area contributed by atoms with Gasteiger partial charge in [-0.15, -0.1) is 0 Å². The van der Waals surface area contributed by atoms with E-state index in [-0.39, 0.29) is 25.5 Å². The third-order valence-corrected chi connectivity index (χ3v) is 3.49. The lowest BCUT2D eigenvalue weighted by atomic mass is 10.2. The largest absolute Gasteiger partial charge is 0.491 e. The molecule has 148 valence electrons. The van der Waals surface area contributed by atoms with E-state index in [4.69, 9.17) is 14.7 Å². The number of carbonyl (C=O) groups is 1. The van der Waals surface area contributed by atoms with Crippen LogP contribution in [-0.2, 0) is 11.0 Å². The highest BCUT2D eigenvalue weighted by atomic mass is 19.4. The van der Waals surface area contributed by atoms with Crippen molar-refractivity contribution >= 4 is 5.91 Å². The number of nitrogens with one attached hydrogen (secondary N) is 1. The van der Waals surface area contributed by atoms with Gasteiger partial charge in [0.25, 0.3) is 5.91 Å². The fraction of sp³-hybridized carbons (Fsp3) is 0.263. The van der Waals surface area contributed by atoms with Gasteiger partial charge in [0.1, 0.15) is 24.2 Å². The Hall–Kier alpha value is -3.25. The van der Waals surface area contributed by atoms with E-state index in [1.807, 2.05) is 6.07 Å². The minimum atomic E-state index is -4.49. The highest BCUT2D eigenvalue weighted by Gasteiger charge is 2.30. The first-order valence-corrected chi connectivity index (χ1v) is 8.15. The lowest BCUT2D eigenvalue weighted by Gasteiger charge is -2.14. The number of hydrogen-bond acceptors (Lipinski definition) is 5. The molecule has 0 saturated carbocycles. The second kappa shape index (κ2) is 9.62. The molecule has 2 aromatic carbocycles. The average molecular weight is 394 g/mol. The van der Waals surface area contributed by atoms with Crippen LogP contribution >= 0.6 is 0 Å². The number of amides is 1. The molecule has 28 heavy (non-hydrogen) atoms. The van der Waals surface area contributed by atoms with Crippen LogP contribution < -0.4 is 14.8 Å². The highest BCUT2D eigenvalue weighted by Crippen LogP contribution is 2.31. The fourth-order valence-corrected chi connectivity index (χ4v) is 2.07. The summed E-state index contributed by atoms with van der Waals surface area (Å²) in [6.45, 7) is -0.750.